The van der Waals surface area contributed by atoms with Crippen LogP contribution in [-0.4, -0.2) is 38.4 Å². The van der Waals surface area contributed by atoms with Gasteiger partial charge in [-0.1, -0.05) is 31.5 Å². The summed E-state index contributed by atoms with van der Waals surface area (Å²) >= 11 is 0. The minimum absolute atomic E-state index is 0.492. The van der Waals surface area contributed by atoms with Gasteiger partial charge in [-0.15, -0.1) is 0 Å². The normalized spacial score (nSPS) is 20.6. The molecule has 20 heavy (non-hydrogen) atoms. The van der Waals surface area contributed by atoms with Gasteiger partial charge in [-0.25, -0.2) is 0 Å². The SMILES string of the molecule is CCCCN(c1ccccc1)C(C)CC1COCCN1. The molecule has 1 aliphatic rings. The molecular weight excluding hydrogens is 248 g/mol. The van der Waals surface area contributed by atoms with Crippen LogP contribution in [-0.2, 0) is 4.74 Å². The van der Waals surface area contributed by atoms with Gasteiger partial charge in [-0.3, -0.25) is 0 Å². The molecule has 0 spiro atoms. The van der Waals surface area contributed by atoms with Gasteiger partial charge in [0.25, 0.3) is 0 Å². The predicted molar refractivity (Wildman–Crippen MR) is 85.4 cm³/mol. The van der Waals surface area contributed by atoms with Gasteiger partial charge in [0.05, 0.1) is 13.2 Å². The number of hydrogen-bond acceptors (Lipinski definition) is 3. The number of hydrogen-bond donors (Lipinski definition) is 1. The van der Waals surface area contributed by atoms with Crippen LogP contribution >= 0.6 is 0 Å². The first-order valence-electron chi connectivity index (χ1n) is 7.94. The quantitative estimate of drug-likeness (QED) is 0.828. The average Bonchev–Trinajstić information content (AvgIpc) is 2.50. The van der Waals surface area contributed by atoms with Crippen molar-refractivity contribution in [1.29, 1.82) is 0 Å². The summed E-state index contributed by atoms with van der Waals surface area (Å²) in [5.41, 5.74) is 1.34. The van der Waals surface area contributed by atoms with E-state index in [1.807, 2.05) is 0 Å². The highest BCUT2D eigenvalue weighted by Crippen LogP contribution is 2.20. The molecule has 1 N–H and O–H groups in total. The Kier molecular flexibility index (Phi) is 6.34. The zero-order valence-corrected chi connectivity index (χ0v) is 12.8. The molecule has 1 aliphatic heterocycles. The minimum atomic E-state index is 0.492. The Bertz CT molecular complexity index is 363. The number of morpholine rings is 1. The third-order valence-electron chi connectivity index (χ3n) is 4.00. The number of nitrogens with zero attached hydrogens (tertiary/aromatic N) is 1. The summed E-state index contributed by atoms with van der Waals surface area (Å²) in [7, 11) is 0. The molecule has 2 rings (SSSR count). The van der Waals surface area contributed by atoms with Crippen LogP contribution in [0.1, 0.15) is 33.1 Å². The number of unbranched alkanes of at least 4 members (excludes halogenated alkanes) is 1. The van der Waals surface area contributed by atoms with E-state index in [1.54, 1.807) is 0 Å². The van der Waals surface area contributed by atoms with Gasteiger partial charge in [0.15, 0.2) is 0 Å². The molecule has 3 heteroatoms. The zero-order chi connectivity index (χ0) is 14.2. The van der Waals surface area contributed by atoms with Gasteiger partial charge in [0.2, 0.25) is 0 Å². The Balaban J connectivity index is 1.97. The maximum absolute atomic E-state index is 5.57. The smallest absolute Gasteiger partial charge is 0.0621 e. The van der Waals surface area contributed by atoms with E-state index in [1.165, 1.54) is 18.5 Å². The number of benzene rings is 1. The molecule has 0 saturated carbocycles. The molecule has 1 aromatic rings. The number of rotatable bonds is 7. The number of nitrogens with one attached hydrogen (secondary N) is 1. The van der Waals surface area contributed by atoms with E-state index in [0.29, 0.717) is 12.1 Å². The first-order valence-corrected chi connectivity index (χ1v) is 7.94. The van der Waals surface area contributed by atoms with Crippen LogP contribution in [0.2, 0.25) is 0 Å². The van der Waals surface area contributed by atoms with Gasteiger partial charge >= 0.3 is 0 Å². The van der Waals surface area contributed by atoms with E-state index in [0.717, 1.165) is 32.7 Å². The molecule has 112 valence electrons. The highest BCUT2D eigenvalue weighted by Gasteiger charge is 2.20. The Morgan fingerprint density at radius 1 is 1.35 bits per heavy atom. The van der Waals surface area contributed by atoms with Crippen molar-refractivity contribution >= 4 is 5.69 Å². The molecule has 3 nitrogen and oxygen atoms in total. The summed E-state index contributed by atoms with van der Waals surface area (Å²) < 4.78 is 5.57. The Hall–Kier alpha value is -1.06. The summed E-state index contributed by atoms with van der Waals surface area (Å²) in [6, 6.07) is 11.8. The molecule has 0 aliphatic carbocycles. The fourth-order valence-electron chi connectivity index (χ4n) is 2.86. The first-order chi connectivity index (χ1) is 9.81. The molecule has 0 radical (unpaired) electrons. The van der Waals surface area contributed by atoms with Crippen LogP contribution in [0.25, 0.3) is 0 Å². The predicted octanol–water partition coefficient (Wildman–Crippen LogP) is 3.06. The van der Waals surface area contributed by atoms with Crippen molar-refractivity contribution in [3.05, 3.63) is 30.3 Å². The lowest BCUT2D eigenvalue weighted by Gasteiger charge is -2.35. The van der Waals surface area contributed by atoms with Crippen molar-refractivity contribution in [1.82, 2.24) is 5.32 Å². The van der Waals surface area contributed by atoms with Crippen LogP contribution in [0.3, 0.4) is 0 Å². The highest BCUT2D eigenvalue weighted by atomic mass is 16.5. The summed E-state index contributed by atoms with van der Waals surface area (Å²) in [6.45, 7) is 8.40. The number of ether oxygens (including phenoxy) is 1. The zero-order valence-electron chi connectivity index (χ0n) is 12.8. The van der Waals surface area contributed by atoms with Crippen molar-refractivity contribution in [3.63, 3.8) is 0 Å². The molecule has 1 heterocycles. The molecule has 1 aromatic carbocycles. The van der Waals surface area contributed by atoms with Gasteiger partial charge in [-0.2, -0.15) is 0 Å². The standard InChI is InChI=1S/C17H28N2O/c1-3-4-11-19(17-8-6-5-7-9-17)15(2)13-16-14-20-12-10-18-16/h5-9,15-16,18H,3-4,10-14H2,1-2H3. The van der Waals surface area contributed by atoms with E-state index < -0.39 is 0 Å². The summed E-state index contributed by atoms with van der Waals surface area (Å²) in [4.78, 5) is 2.54. The van der Waals surface area contributed by atoms with E-state index in [9.17, 15) is 0 Å². The maximum Gasteiger partial charge on any atom is 0.0621 e. The number of para-hydroxylation sites is 1. The van der Waals surface area contributed by atoms with E-state index in [4.69, 9.17) is 4.74 Å². The van der Waals surface area contributed by atoms with Crippen molar-refractivity contribution in [2.45, 2.75) is 45.2 Å². The molecule has 2 atom stereocenters. The van der Waals surface area contributed by atoms with Gasteiger partial charge < -0.3 is 15.0 Å². The van der Waals surface area contributed by atoms with Gasteiger partial charge in [-0.05, 0) is 31.9 Å². The van der Waals surface area contributed by atoms with E-state index in [2.05, 4.69) is 54.4 Å². The van der Waals surface area contributed by atoms with Crippen molar-refractivity contribution < 1.29 is 4.74 Å². The second-order valence-electron chi connectivity index (χ2n) is 5.69. The molecule has 1 fully saturated rings. The third kappa shape index (κ3) is 4.50. The largest absolute Gasteiger partial charge is 0.379 e. The average molecular weight is 276 g/mol. The van der Waals surface area contributed by atoms with E-state index in [-0.39, 0.29) is 0 Å². The summed E-state index contributed by atoms with van der Waals surface area (Å²) in [5.74, 6) is 0. The monoisotopic (exact) mass is 276 g/mol. The lowest BCUT2D eigenvalue weighted by Crippen LogP contribution is -2.46. The second kappa shape index (κ2) is 8.28. The van der Waals surface area contributed by atoms with Crippen molar-refractivity contribution in [3.8, 4) is 0 Å². The van der Waals surface area contributed by atoms with Crippen LogP contribution < -0.4 is 10.2 Å². The van der Waals surface area contributed by atoms with Gasteiger partial charge in [0, 0.05) is 30.9 Å². The Labute approximate surface area is 123 Å². The Morgan fingerprint density at radius 2 is 2.15 bits per heavy atom. The fourth-order valence-corrected chi connectivity index (χ4v) is 2.86. The summed E-state index contributed by atoms with van der Waals surface area (Å²) in [5, 5.41) is 3.56. The molecular formula is C17H28N2O. The van der Waals surface area contributed by atoms with Gasteiger partial charge in [0.1, 0.15) is 0 Å². The van der Waals surface area contributed by atoms with Crippen molar-refractivity contribution in [2.75, 3.05) is 31.2 Å². The molecule has 0 aromatic heterocycles. The van der Waals surface area contributed by atoms with Crippen LogP contribution in [0.4, 0.5) is 5.69 Å². The maximum atomic E-state index is 5.57. The lowest BCUT2D eigenvalue weighted by atomic mass is 10.1. The minimum Gasteiger partial charge on any atom is -0.379 e. The second-order valence-corrected chi connectivity index (χ2v) is 5.69. The fraction of sp³-hybridized carbons (Fsp3) is 0.647. The third-order valence-corrected chi connectivity index (χ3v) is 4.00. The molecule has 0 bridgehead atoms. The molecule has 1 saturated heterocycles. The molecule has 0 amide bonds. The van der Waals surface area contributed by atoms with Crippen LogP contribution in [0, 0.1) is 0 Å². The molecule has 2 unspecified atom stereocenters. The van der Waals surface area contributed by atoms with Crippen LogP contribution in [0.5, 0.6) is 0 Å². The highest BCUT2D eigenvalue weighted by molar-refractivity contribution is 5.46. The lowest BCUT2D eigenvalue weighted by molar-refractivity contribution is 0.0722. The van der Waals surface area contributed by atoms with Crippen LogP contribution in [0.15, 0.2) is 30.3 Å². The van der Waals surface area contributed by atoms with E-state index >= 15 is 0 Å². The Morgan fingerprint density at radius 3 is 2.80 bits per heavy atom. The summed E-state index contributed by atoms with van der Waals surface area (Å²) in [6.07, 6.45) is 3.62. The topological polar surface area (TPSA) is 24.5 Å². The number of anilines is 1. The first kappa shape index (κ1) is 15.3. The van der Waals surface area contributed by atoms with Crippen molar-refractivity contribution in [2.24, 2.45) is 0 Å².